The van der Waals surface area contributed by atoms with Gasteiger partial charge in [-0.2, -0.15) is 0 Å². The van der Waals surface area contributed by atoms with Gasteiger partial charge in [0, 0.05) is 26.1 Å². The molecule has 2 amide bonds. The van der Waals surface area contributed by atoms with Crippen LogP contribution in [0.2, 0.25) is 0 Å². The van der Waals surface area contributed by atoms with Crippen molar-refractivity contribution in [1.29, 1.82) is 0 Å². The Morgan fingerprint density at radius 1 is 1.29 bits per heavy atom. The number of anilines is 1. The summed E-state index contributed by atoms with van der Waals surface area (Å²) in [5, 5.41) is 2.78. The Balaban J connectivity index is 2.07. The Kier molecular flexibility index (Phi) is 4.40. The van der Waals surface area contributed by atoms with Crippen LogP contribution in [0.25, 0.3) is 0 Å². The molecule has 1 aromatic rings. The molecular formula is C14H17F2N3O2. The number of nitrogens with two attached hydrogens (primary N) is 1. The largest absolute Gasteiger partial charge is 0.396 e. The molecule has 1 aliphatic rings. The highest BCUT2D eigenvalue weighted by atomic mass is 19.1. The van der Waals surface area contributed by atoms with Crippen molar-refractivity contribution in [2.45, 2.75) is 25.8 Å². The lowest BCUT2D eigenvalue weighted by atomic mass is 10.0. The van der Waals surface area contributed by atoms with Crippen LogP contribution in [0.4, 0.5) is 14.5 Å². The molecule has 0 spiro atoms. The second kappa shape index (κ2) is 6.07. The second-order valence-electron chi connectivity index (χ2n) is 5.12. The van der Waals surface area contributed by atoms with E-state index in [1.807, 2.05) is 0 Å². The molecule has 1 aromatic carbocycles. The standard InChI is InChI=1S/C14H17F2N3O2/c1-8(20)18-10-2-4-19(5-3-10)14(21)11-6-9(15)7-12(17)13(11)16/h6-7,10H,2-5,17H2,1H3,(H,18,20). The minimum atomic E-state index is -0.898. The van der Waals surface area contributed by atoms with E-state index < -0.39 is 17.5 Å². The third-order valence-electron chi connectivity index (χ3n) is 3.49. The van der Waals surface area contributed by atoms with E-state index in [9.17, 15) is 18.4 Å². The third-order valence-corrected chi connectivity index (χ3v) is 3.49. The highest BCUT2D eigenvalue weighted by molar-refractivity contribution is 5.95. The van der Waals surface area contributed by atoms with Crippen molar-refractivity contribution in [2.75, 3.05) is 18.8 Å². The molecule has 2 rings (SSSR count). The molecular weight excluding hydrogens is 280 g/mol. The van der Waals surface area contributed by atoms with Crippen LogP contribution in [0.5, 0.6) is 0 Å². The zero-order valence-electron chi connectivity index (χ0n) is 11.7. The van der Waals surface area contributed by atoms with E-state index in [2.05, 4.69) is 5.32 Å². The van der Waals surface area contributed by atoms with Crippen LogP contribution in [0.3, 0.4) is 0 Å². The van der Waals surface area contributed by atoms with Gasteiger partial charge in [-0.1, -0.05) is 0 Å². The molecule has 0 unspecified atom stereocenters. The molecule has 5 nitrogen and oxygen atoms in total. The number of rotatable bonds is 2. The van der Waals surface area contributed by atoms with Gasteiger partial charge in [-0.25, -0.2) is 8.78 Å². The number of hydrogen-bond donors (Lipinski definition) is 2. The zero-order valence-corrected chi connectivity index (χ0v) is 11.7. The lowest BCUT2D eigenvalue weighted by molar-refractivity contribution is -0.119. The first-order valence-corrected chi connectivity index (χ1v) is 6.69. The Labute approximate surface area is 121 Å². The van der Waals surface area contributed by atoms with Gasteiger partial charge in [-0.15, -0.1) is 0 Å². The van der Waals surface area contributed by atoms with E-state index >= 15 is 0 Å². The normalized spacial score (nSPS) is 15.9. The van der Waals surface area contributed by atoms with Crippen LogP contribution in [0, 0.1) is 11.6 Å². The summed E-state index contributed by atoms with van der Waals surface area (Å²) in [6, 6.07) is 1.71. The molecule has 21 heavy (non-hydrogen) atoms. The number of piperidine rings is 1. The highest BCUT2D eigenvalue weighted by Gasteiger charge is 2.26. The number of amides is 2. The van der Waals surface area contributed by atoms with Crippen molar-refractivity contribution in [3.8, 4) is 0 Å². The van der Waals surface area contributed by atoms with Crippen molar-refractivity contribution in [2.24, 2.45) is 0 Å². The quantitative estimate of drug-likeness (QED) is 0.808. The summed E-state index contributed by atoms with van der Waals surface area (Å²) in [6.07, 6.45) is 1.16. The molecule has 1 aliphatic heterocycles. The smallest absolute Gasteiger partial charge is 0.257 e. The van der Waals surface area contributed by atoms with Gasteiger partial charge in [0.1, 0.15) is 5.82 Å². The molecule has 0 atom stereocenters. The van der Waals surface area contributed by atoms with Crippen molar-refractivity contribution < 1.29 is 18.4 Å². The fourth-order valence-electron chi connectivity index (χ4n) is 2.45. The first-order valence-electron chi connectivity index (χ1n) is 6.69. The number of carbonyl (C=O) groups is 2. The number of likely N-dealkylation sites (tertiary alicyclic amines) is 1. The number of benzene rings is 1. The first kappa shape index (κ1) is 15.2. The Morgan fingerprint density at radius 2 is 1.90 bits per heavy atom. The SMILES string of the molecule is CC(=O)NC1CCN(C(=O)c2cc(F)cc(N)c2F)CC1. The van der Waals surface area contributed by atoms with E-state index in [0.717, 1.165) is 12.1 Å². The number of nitrogens with zero attached hydrogens (tertiary/aromatic N) is 1. The van der Waals surface area contributed by atoms with Gasteiger partial charge < -0.3 is 16.0 Å². The topological polar surface area (TPSA) is 75.4 Å². The van der Waals surface area contributed by atoms with Crippen molar-refractivity contribution >= 4 is 17.5 Å². The van der Waals surface area contributed by atoms with Crippen molar-refractivity contribution in [3.05, 3.63) is 29.3 Å². The third kappa shape index (κ3) is 3.48. The van der Waals surface area contributed by atoms with Gasteiger partial charge in [-0.05, 0) is 25.0 Å². The highest BCUT2D eigenvalue weighted by Crippen LogP contribution is 2.21. The second-order valence-corrected chi connectivity index (χ2v) is 5.12. The molecule has 1 saturated heterocycles. The summed E-state index contributed by atoms with van der Waals surface area (Å²) in [7, 11) is 0. The maximum atomic E-state index is 13.8. The molecule has 7 heteroatoms. The summed E-state index contributed by atoms with van der Waals surface area (Å²) in [6.45, 7) is 2.18. The van der Waals surface area contributed by atoms with Gasteiger partial charge in [0.25, 0.3) is 5.91 Å². The minimum absolute atomic E-state index is 0.00831. The lowest BCUT2D eigenvalue weighted by Crippen LogP contribution is -2.46. The number of hydrogen-bond acceptors (Lipinski definition) is 3. The number of nitrogen functional groups attached to an aromatic ring is 1. The van der Waals surface area contributed by atoms with Gasteiger partial charge in [0.05, 0.1) is 11.3 Å². The van der Waals surface area contributed by atoms with Crippen LogP contribution >= 0.6 is 0 Å². The summed E-state index contributed by atoms with van der Waals surface area (Å²) in [5.41, 5.74) is 4.59. The van der Waals surface area contributed by atoms with Gasteiger partial charge in [0.2, 0.25) is 5.91 Å². The number of nitrogens with one attached hydrogen (secondary N) is 1. The van der Waals surface area contributed by atoms with Crippen LogP contribution < -0.4 is 11.1 Å². The summed E-state index contributed by atoms with van der Waals surface area (Å²) < 4.78 is 27.1. The molecule has 3 N–H and O–H groups in total. The van der Waals surface area contributed by atoms with Crippen molar-refractivity contribution in [1.82, 2.24) is 10.2 Å². The predicted octanol–water partition coefficient (Wildman–Crippen LogP) is 1.29. The molecule has 1 heterocycles. The van der Waals surface area contributed by atoms with E-state index in [1.54, 1.807) is 0 Å². The maximum Gasteiger partial charge on any atom is 0.257 e. The van der Waals surface area contributed by atoms with Gasteiger partial charge in [-0.3, -0.25) is 9.59 Å². The molecule has 0 bridgehead atoms. The monoisotopic (exact) mass is 297 g/mol. The van der Waals surface area contributed by atoms with Crippen LogP contribution in [-0.4, -0.2) is 35.8 Å². The fourth-order valence-corrected chi connectivity index (χ4v) is 2.45. The first-order chi connectivity index (χ1) is 9.88. The lowest BCUT2D eigenvalue weighted by Gasteiger charge is -2.32. The number of halogens is 2. The zero-order chi connectivity index (χ0) is 15.6. The van der Waals surface area contributed by atoms with Crippen molar-refractivity contribution in [3.63, 3.8) is 0 Å². The molecule has 0 aliphatic carbocycles. The van der Waals surface area contributed by atoms with Crippen LogP contribution in [-0.2, 0) is 4.79 Å². The number of carbonyl (C=O) groups excluding carboxylic acids is 2. The van der Waals surface area contributed by atoms with E-state index in [4.69, 9.17) is 5.73 Å². The fraction of sp³-hybridized carbons (Fsp3) is 0.429. The molecule has 114 valence electrons. The van der Waals surface area contributed by atoms with E-state index in [0.29, 0.717) is 25.9 Å². The average molecular weight is 297 g/mol. The average Bonchev–Trinajstić information content (AvgIpc) is 2.42. The molecule has 0 aromatic heterocycles. The van der Waals surface area contributed by atoms with Crippen LogP contribution in [0.15, 0.2) is 12.1 Å². The molecule has 0 radical (unpaired) electrons. The Bertz CT molecular complexity index is 570. The summed E-state index contributed by atoms with van der Waals surface area (Å²) in [5.74, 6) is -2.35. The van der Waals surface area contributed by atoms with Gasteiger partial charge in [0.15, 0.2) is 5.82 Å². The van der Waals surface area contributed by atoms with Gasteiger partial charge >= 0.3 is 0 Å². The Morgan fingerprint density at radius 3 is 2.48 bits per heavy atom. The van der Waals surface area contributed by atoms with E-state index in [-0.39, 0.29) is 23.2 Å². The Hall–Kier alpha value is -2.18. The maximum absolute atomic E-state index is 13.8. The minimum Gasteiger partial charge on any atom is -0.396 e. The van der Waals surface area contributed by atoms with Crippen LogP contribution in [0.1, 0.15) is 30.1 Å². The molecule has 1 fully saturated rings. The van der Waals surface area contributed by atoms with E-state index in [1.165, 1.54) is 11.8 Å². The summed E-state index contributed by atoms with van der Waals surface area (Å²) in [4.78, 5) is 24.6. The molecule has 0 saturated carbocycles. The summed E-state index contributed by atoms with van der Waals surface area (Å²) >= 11 is 0. The predicted molar refractivity (Wildman–Crippen MR) is 73.5 cm³/mol.